The summed E-state index contributed by atoms with van der Waals surface area (Å²) in [7, 11) is 0. The SMILES string of the molecule is CC(C)N1CC(NC(=O)C(N)C2CCOCC2)CC1=O.Cl. The number of nitrogens with one attached hydrogen (secondary N) is 1. The number of nitrogens with two attached hydrogens (primary N) is 1. The van der Waals surface area contributed by atoms with Crippen molar-refractivity contribution in [3.63, 3.8) is 0 Å². The standard InChI is InChI=1S/C14H25N3O3.ClH/c1-9(2)17-8-11(7-12(17)18)16-14(19)13(15)10-3-5-20-6-4-10;/h9-11,13H,3-8,15H2,1-2H3,(H,16,19);1H. The van der Waals surface area contributed by atoms with E-state index in [1.807, 2.05) is 13.8 Å². The molecule has 3 N–H and O–H groups in total. The van der Waals surface area contributed by atoms with Crippen LogP contribution in [0.1, 0.15) is 33.1 Å². The Morgan fingerprint density at radius 3 is 2.52 bits per heavy atom. The monoisotopic (exact) mass is 319 g/mol. The second-order valence-corrected chi connectivity index (χ2v) is 6.03. The number of hydrogen-bond acceptors (Lipinski definition) is 4. The van der Waals surface area contributed by atoms with Gasteiger partial charge in [0.05, 0.1) is 12.1 Å². The Labute approximate surface area is 132 Å². The van der Waals surface area contributed by atoms with Gasteiger partial charge in [0.1, 0.15) is 0 Å². The molecular weight excluding hydrogens is 294 g/mol. The molecule has 0 saturated carbocycles. The maximum absolute atomic E-state index is 12.2. The van der Waals surface area contributed by atoms with Gasteiger partial charge in [-0.15, -0.1) is 12.4 Å². The summed E-state index contributed by atoms with van der Waals surface area (Å²) >= 11 is 0. The summed E-state index contributed by atoms with van der Waals surface area (Å²) in [5, 5.41) is 2.92. The van der Waals surface area contributed by atoms with Crippen molar-refractivity contribution in [2.45, 2.75) is 51.2 Å². The second kappa shape index (κ2) is 7.96. The van der Waals surface area contributed by atoms with Crippen LogP contribution in [0.2, 0.25) is 0 Å². The molecule has 0 aromatic carbocycles. The van der Waals surface area contributed by atoms with Crippen molar-refractivity contribution in [2.24, 2.45) is 11.7 Å². The van der Waals surface area contributed by atoms with Crippen LogP contribution in [0, 0.1) is 5.92 Å². The van der Waals surface area contributed by atoms with Crippen LogP contribution in [0.5, 0.6) is 0 Å². The largest absolute Gasteiger partial charge is 0.381 e. The fourth-order valence-electron chi connectivity index (χ4n) is 2.91. The van der Waals surface area contributed by atoms with Gasteiger partial charge in [0, 0.05) is 32.2 Å². The van der Waals surface area contributed by atoms with E-state index in [1.165, 1.54) is 0 Å². The summed E-state index contributed by atoms with van der Waals surface area (Å²) in [6.07, 6.45) is 2.04. The molecule has 2 fully saturated rings. The van der Waals surface area contributed by atoms with Crippen LogP contribution in [0.15, 0.2) is 0 Å². The molecule has 6 nitrogen and oxygen atoms in total. The van der Waals surface area contributed by atoms with E-state index in [0.717, 1.165) is 12.8 Å². The van der Waals surface area contributed by atoms with Crippen LogP contribution in [0.4, 0.5) is 0 Å². The van der Waals surface area contributed by atoms with Crippen LogP contribution in [-0.4, -0.2) is 54.6 Å². The van der Waals surface area contributed by atoms with E-state index in [4.69, 9.17) is 10.5 Å². The highest BCUT2D eigenvalue weighted by Crippen LogP contribution is 2.19. The Bertz CT molecular complexity index is 372. The molecule has 21 heavy (non-hydrogen) atoms. The number of hydrogen-bond donors (Lipinski definition) is 2. The number of carbonyl (C=O) groups is 2. The van der Waals surface area contributed by atoms with Crippen LogP contribution in [-0.2, 0) is 14.3 Å². The maximum Gasteiger partial charge on any atom is 0.237 e. The van der Waals surface area contributed by atoms with Gasteiger partial charge in [0.25, 0.3) is 0 Å². The van der Waals surface area contributed by atoms with E-state index in [1.54, 1.807) is 4.90 Å². The molecule has 2 saturated heterocycles. The van der Waals surface area contributed by atoms with Crippen molar-refractivity contribution in [1.29, 1.82) is 0 Å². The lowest BCUT2D eigenvalue weighted by Crippen LogP contribution is -2.50. The molecular formula is C14H26ClN3O3. The molecule has 122 valence electrons. The summed E-state index contributed by atoms with van der Waals surface area (Å²) in [5.41, 5.74) is 6.03. The van der Waals surface area contributed by atoms with Crippen molar-refractivity contribution in [1.82, 2.24) is 10.2 Å². The van der Waals surface area contributed by atoms with Gasteiger partial charge in [-0.25, -0.2) is 0 Å². The Kier molecular flexibility index (Phi) is 6.90. The summed E-state index contributed by atoms with van der Waals surface area (Å²) in [4.78, 5) is 25.8. The lowest BCUT2D eigenvalue weighted by Gasteiger charge is -2.28. The minimum Gasteiger partial charge on any atom is -0.381 e. The molecule has 2 amide bonds. The minimum atomic E-state index is -0.498. The van der Waals surface area contributed by atoms with Crippen LogP contribution >= 0.6 is 12.4 Å². The molecule has 0 spiro atoms. The van der Waals surface area contributed by atoms with Crippen molar-refractivity contribution >= 4 is 24.2 Å². The third-order valence-electron chi connectivity index (χ3n) is 4.20. The second-order valence-electron chi connectivity index (χ2n) is 6.03. The van der Waals surface area contributed by atoms with Gasteiger partial charge in [0.15, 0.2) is 0 Å². The molecule has 0 aliphatic carbocycles. The summed E-state index contributed by atoms with van der Waals surface area (Å²) in [6, 6.07) is -0.432. The van der Waals surface area contributed by atoms with Crippen molar-refractivity contribution in [3.05, 3.63) is 0 Å². The zero-order chi connectivity index (χ0) is 14.7. The number of halogens is 1. The molecule has 0 radical (unpaired) electrons. The van der Waals surface area contributed by atoms with Gasteiger partial charge in [-0.05, 0) is 32.6 Å². The van der Waals surface area contributed by atoms with E-state index in [9.17, 15) is 9.59 Å². The average molecular weight is 320 g/mol. The number of rotatable bonds is 4. The average Bonchev–Trinajstić information content (AvgIpc) is 2.79. The van der Waals surface area contributed by atoms with Crippen LogP contribution < -0.4 is 11.1 Å². The molecule has 7 heteroatoms. The predicted molar refractivity (Wildman–Crippen MR) is 82.2 cm³/mol. The molecule has 2 aliphatic heterocycles. The third-order valence-corrected chi connectivity index (χ3v) is 4.20. The highest BCUT2D eigenvalue weighted by Gasteiger charge is 2.34. The predicted octanol–water partition coefficient (Wildman–Crippen LogP) is 0.288. The van der Waals surface area contributed by atoms with Crippen LogP contribution in [0.3, 0.4) is 0 Å². The quantitative estimate of drug-likeness (QED) is 0.780. The van der Waals surface area contributed by atoms with Crippen molar-refractivity contribution in [2.75, 3.05) is 19.8 Å². The number of ether oxygens (including phenoxy) is 1. The van der Waals surface area contributed by atoms with E-state index < -0.39 is 6.04 Å². The van der Waals surface area contributed by atoms with Crippen molar-refractivity contribution < 1.29 is 14.3 Å². The lowest BCUT2D eigenvalue weighted by atomic mass is 9.91. The van der Waals surface area contributed by atoms with Gasteiger partial charge >= 0.3 is 0 Å². The summed E-state index contributed by atoms with van der Waals surface area (Å²) in [5.74, 6) is 0.146. The van der Waals surface area contributed by atoms with Crippen LogP contribution in [0.25, 0.3) is 0 Å². The number of amides is 2. The molecule has 2 unspecified atom stereocenters. The van der Waals surface area contributed by atoms with Gasteiger partial charge in [-0.2, -0.15) is 0 Å². The Balaban J connectivity index is 0.00000220. The lowest BCUT2D eigenvalue weighted by molar-refractivity contribution is -0.129. The first-order valence-electron chi connectivity index (χ1n) is 7.42. The molecule has 2 rings (SSSR count). The first-order chi connectivity index (χ1) is 9.49. The smallest absolute Gasteiger partial charge is 0.237 e. The van der Waals surface area contributed by atoms with Crippen molar-refractivity contribution in [3.8, 4) is 0 Å². The fourth-order valence-corrected chi connectivity index (χ4v) is 2.91. The third kappa shape index (κ3) is 4.56. The zero-order valence-corrected chi connectivity index (χ0v) is 13.5. The van der Waals surface area contributed by atoms with Gasteiger partial charge < -0.3 is 20.7 Å². The molecule has 2 aliphatic rings. The van der Waals surface area contributed by atoms with Gasteiger partial charge in [-0.3, -0.25) is 9.59 Å². The first kappa shape index (κ1) is 18.2. The van der Waals surface area contributed by atoms with Gasteiger partial charge in [0.2, 0.25) is 11.8 Å². The fraction of sp³-hybridized carbons (Fsp3) is 0.857. The summed E-state index contributed by atoms with van der Waals surface area (Å²) < 4.78 is 5.28. The molecule has 0 aromatic heterocycles. The number of carbonyl (C=O) groups excluding carboxylic acids is 2. The molecule has 0 bridgehead atoms. The first-order valence-corrected chi connectivity index (χ1v) is 7.42. The van der Waals surface area contributed by atoms with E-state index >= 15 is 0 Å². The zero-order valence-electron chi connectivity index (χ0n) is 12.7. The van der Waals surface area contributed by atoms with E-state index in [0.29, 0.717) is 26.2 Å². The van der Waals surface area contributed by atoms with E-state index in [-0.39, 0.29) is 42.2 Å². The number of likely N-dealkylation sites (tertiary alicyclic amines) is 1. The maximum atomic E-state index is 12.2. The topological polar surface area (TPSA) is 84.7 Å². The highest BCUT2D eigenvalue weighted by molar-refractivity contribution is 5.85. The highest BCUT2D eigenvalue weighted by atomic mass is 35.5. The molecule has 2 heterocycles. The summed E-state index contributed by atoms with van der Waals surface area (Å²) in [6.45, 7) is 5.90. The number of nitrogens with zero attached hydrogens (tertiary/aromatic N) is 1. The normalized spacial score (nSPS) is 24.9. The molecule has 2 atom stereocenters. The van der Waals surface area contributed by atoms with Gasteiger partial charge in [-0.1, -0.05) is 0 Å². The molecule has 0 aromatic rings. The Morgan fingerprint density at radius 2 is 2.00 bits per heavy atom. The van der Waals surface area contributed by atoms with E-state index in [2.05, 4.69) is 5.32 Å². The Morgan fingerprint density at radius 1 is 1.38 bits per heavy atom. The Hall–Kier alpha value is -0.850. The minimum absolute atomic E-state index is 0.